The standard InChI is InChI=1S/C22H28N4O5S/c1-23-12-14-24(15-13-23)32(29,30)19-9-10-21(22(16-19)26(27)28)25-11-3-4-20(25)17-5-7-18(31-2)8-6-17/h5-10,16,20H,3-4,11-15H2,1-2H3. The third-order valence-electron chi connectivity index (χ3n) is 6.31. The van der Waals surface area contributed by atoms with Crippen molar-refractivity contribution in [2.24, 2.45) is 0 Å². The Hall–Kier alpha value is -2.69. The number of hydrogen-bond acceptors (Lipinski definition) is 7. The van der Waals surface area contributed by atoms with E-state index in [9.17, 15) is 18.5 Å². The second kappa shape index (κ2) is 9.05. The quantitative estimate of drug-likeness (QED) is 0.483. The Morgan fingerprint density at radius 3 is 2.34 bits per heavy atom. The number of anilines is 1. The van der Waals surface area contributed by atoms with Gasteiger partial charge in [0.2, 0.25) is 10.0 Å². The predicted octanol–water partition coefficient (Wildman–Crippen LogP) is 2.88. The Bertz CT molecular complexity index is 1080. The molecule has 1 unspecified atom stereocenters. The van der Waals surface area contributed by atoms with E-state index in [-0.39, 0.29) is 16.6 Å². The lowest BCUT2D eigenvalue weighted by molar-refractivity contribution is -0.384. The molecule has 0 amide bonds. The summed E-state index contributed by atoms with van der Waals surface area (Å²) < 4.78 is 32.8. The molecule has 9 nitrogen and oxygen atoms in total. The molecule has 172 valence electrons. The SMILES string of the molecule is COc1ccc(C2CCCN2c2ccc(S(=O)(=O)N3CCN(C)CC3)cc2[N+](=O)[O-])cc1. The Balaban J connectivity index is 1.66. The number of methoxy groups -OCH3 is 1. The number of rotatable bonds is 6. The summed E-state index contributed by atoms with van der Waals surface area (Å²) in [4.78, 5) is 15.5. The van der Waals surface area contributed by atoms with Crippen molar-refractivity contribution >= 4 is 21.4 Å². The first-order valence-electron chi connectivity index (χ1n) is 10.7. The zero-order valence-corrected chi connectivity index (χ0v) is 19.1. The summed E-state index contributed by atoms with van der Waals surface area (Å²) in [6.07, 6.45) is 1.76. The fourth-order valence-corrected chi connectivity index (χ4v) is 5.90. The Labute approximate surface area is 188 Å². The molecule has 0 aromatic heterocycles. The minimum absolute atomic E-state index is 0.0142. The number of benzene rings is 2. The molecule has 2 saturated heterocycles. The minimum Gasteiger partial charge on any atom is -0.497 e. The first kappa shape index (κ1) is 22.5. The largest absolute Gasteiger partial charge is 0.497 e. The van der Waals surface area contributed by atoms with E-state index >= 15 is 0 Å². The van der Waals surface area contributed by atoms with E-state index in [1.54, 1.807) is 13.2 Å². The molecule has 4 rings (SSSR count). The molecule has 0 spiro atoms. The van der Waals surface area contributed by atoms with E-state index in [1.165, 1.54) is 16.4 Å². The summed E-state index contributed by atoms with van der Waals surface area (Å²) in [5, 5.41) is 12.0. The molecule has 2 aromatic rings. The van der Waals surface area contributed by atoms with Crippen LogP contribution in [-0.4, -0.2) is 69.4 Å². The highest BCUT2D eigenvalue weighted by molar-refractivity contribution is 7.89. The van der Waals surface area contributed by atoms with Crippen LogP contribution in [0.3, 0.4) is 0 Å². The summed E-state index contributed by atoms with van der Waals surface area (Å²) in [5.41, 5.74) is 1.32. The average molecular weight is 461 g/mol. The molecule has 2 aromatic carbocycles. The molecule has 2 fully saturated rings. The predicted molar refractivity (Wildman–Crippen MR) is 122 cm³/mol. The van der Waals surface area contributed by atoms with Crippen LogP contribution in [0.4, 0.5) is 11.4 Å². The average Bonchev–Trinajstić information content (AvgIpc) is 3.28. The molecular formula is C22H28N4O5S. The lowest BCUT2D eigenvalue weighted by atomic mass is 10.0. The highest BCUT2D eigenvalue weighted by Gasteiger charge is 2.34. The Kier molecular flexibility index (Phi) is 6.36. The fourth-order valence-electron chi connectivity index (χ4n) is 4.46. The number of sulfonamides is 1. The van der Waals surface area contributed by atoms with Crippen molar-refractivity contribution in [3.05, 3.63) is 58.1 Å². The van der Waals surface area contributed by atoms with Crippen LogP contribution >= 0.6 is 0 Å². The maximum absolute atomic E-state index is 13.1. The van der Waals surface area contributed by atoms with Gasteiger partial charge in [-0.05, 0) is 49.7 Å². The van der Waals surface area contributed by atoms with E-state index in [0.29, 0.717) is 38.4 Å². The summed E-state index contributed by atoms with van der Waals surface area (Å²) in [6.45, 7) is 2.69. The van der Waals surface area contributed by atoms with Gasteiger partial charge >= 0.3 is 0 Å². The molecule has 0 radical (unpaired) electrons. The molecule has 0 N–H and O–H groups in total. The van der Waals surface area contributed by atoms with Gasteiger partial charge in [0.1, 0.15) is 11.4 Å². The third kappa shape index (κ3) is 4.30. The molecule has 10 heteroatoms. The number of ether oxygens (including phenoxy) is 1. The van der Waals surface area contributed by atoms with E-state index in [4.69, 9.17) is 4.74 Å². The zero-order valence-electron chi connectivity index (χ0n) is 18.3. The first-order valence-corrected chi connectivity index (χ1v) is 12.1. The van der Waals surface area contributed by atoms with Crippen LogP contribution in [-0.2, 0) is 10.0 Å². The van der Waals surface area contributed by atoms with Crippen LogP contribution in [0.1, 0.15) is 24.4 Å². The molecule has 2 heterocycles. The minimum atomic E-state index is -3.79. The lowest BCUT2D eigenvalue weighted by Crippen LogP contribution is -2.47. The van der Waals surface area contributed by atoms with E-state index in [0.717, 1.165) is 24.2 Å². The van der Waals surface area contributed by atoms with Crippen molar-refractivity contribution in [2.45, 2.75) is 23.8 Å². The van der Waals surface area contributed by atoms with Gasteiger partial charge in [-0.15, -0.1) is 0 Å². The van der Waals surface area contributed by atoms with Crippen LogP contribution in [0, 0.1) is 10.1 Å². The maximum atomic E-state index is 13.1. The van der Waals surface area contributed by atoms with Crippen LogP contribution in [0.25, 0.3) is 0 Å². The molecular weight excluding hydrogens is 432 g/mol. The third-order valence-corrected chi connectivity index (χ3v) is 8.20. The lowest BCUT2D eigenvalue weighted by Gasteiger charge is -2.31. The maximum Gasteiger partial charge on any atom is 0.293 e. The van der Waals surface area contributed by atoms with Gasteiger partial charge in [-0.3, -0.25) is 10.1 Å². The van der Waals surface area contributed by atoms with Gasteiger partial charge in [-0.2, -0.15) is 4.31 Å². The molecule has 0 saturated carbocycles. The van der Waals surface area contributed by atoms with E-state index in [2.05, 4.69) is 4.90 Å². The van der Waals surface area contributed by atoms with Crippen molar-refractivity contribution in [1.82, 2.24) is 9.21 Å². The van der Waals surface area contributed by atoms with Crippen molar-refractivity contribution < 1.29 is 18.1 Å². The van der Waals surface area contributed by atoms with E-state index < -0.39 is 14.9 Å². The monoisotopic (exact) mass is 460 g/mol. The summed E-state index contributed by atoms with van der Waals surface area (Å²) in [5.74, 6) is 0.753. The second-order valence-electron chi connectivity index (χ2n) is 8.24. The molecule has 1 atom stereocenters. The zero-order chi connectivity index (χ0) is 22.9. The van der Waals surface area contributed by atoms with Gasteiger partial charge in [0.15, 0.2) is 0 Å². The molecule has 32 heavy (non-hydrogen) atoms. The smallest absolute Gasteiger partial charge is 0.293 e. The summed E-state index contributed by atoms with van der Waals surface area (Å²) in [6, 6.07) is 12.0. The Morgan fingerprint density at radius 2 is 1.72 bits per heavy atom. The Morgan fingerprint density at radius 1 is 1.03 bits per heavy atom. The van der Waals surface area contributed by atoms with Gasteiger partial charge < -0.3 is 14.5 Å². The number of likely N-dealkylation sites (N-methyl/N-ethyl adjacent to an activating group) is 1. The van der Waals surface area contributed by atoms with Crippen LogP contribution < -0.4 is 9.64 Å². The number of nitrogens with zero attached hydrogens (tertiary/aromatic N) is 4. The molecule has 0 bridgehead atoms. The molecule has 0 aliphatic carbocycles. The highest BCUT2D eigenvalue weighted by Crippen LogP contribution is 2.41. The van der Waals surface area contributed by atoms with Crippen molar-refractivity contribution in [2.75, 3.05) is 51.8 Å². The second-order valence-corrected chi connectivity index (χ2v) is 10.2. The highest BCUT2D eigenvalue weighted by atomic mass is 32.2. The normalized spacial score (nSPS) is 20.4. The van der Waals surface area contributed by atoms with E-state index in [1.807, 2.05) is 36.2 Å². The first-order chi connectivity index (χ1) is 15.3. The van der Waals surface area contributed by atoms with Crippen LogP contribution in [0.2, 0.25) is 0 Å². The number of hydrogen-bond donors (Lipinski definition) is 0. The fraction of sp³-hybridized carbons (Fsp3) is 0.455. The van der Waals surface area contributed by atoms with Gasteiger partial charge in [-0.1, -0.05) is 12.1 Å². The van der Waals surface area contributed by atoms with Crippen LogP contribution in [0.15, 0.2) is 47.4 Å². The van der Waals surface area contributed by atoms with Crippen molar-refractivity contribution in [1.29, 1.82) is 0 Å². The van der Waals surface area contributed by atoms with Crippen LogP contribution in [0.5, 0.6) is 5.75 Å². The van der Waals surface area contributed by atoms with Gasteiger partial charge in [0, 0.05) is 38.8 Å². The van der Waals surface area contributed by atoms with Gasteiger partial charge in [0.05, 0.1) is 23.0 Å². The van der Waals surface area contributed by atoms with Gasteiger partial charge in [0.25, 0.3) is 5.69 Å². The number of piperazine rings is 1. The molecule has 2 aliphatic rings. The number of nitro benzene ring substituents is 1. The summed E-state index contributed by atoms with van der Waals surface area (Å²) >= 11 is 0. The van der Waals surface area contributed by atoms with Gasteiger partial charge in [-0.25, -0.2) is 8.42 Å². The van der Waals surface area contributed by atoms with Crippen molar-refractivity contribution in [3.8, 4) is 5.75 Å². The van der Waals surface area contributed by atoms with Crippen molar-refractivity contribution in [3.63, 3.8) is 0 Å². The topological polar surface area (TPSA) is 96.2 Å². The number of nitro groups is 1. The molecule has 2 aliphatic heterocycles. The summed E-state index contributed by atoms with van der Waals surface area (Å²) in [7, 11) is -0.233.